The molecule has 0 unspecified atom stereocenters. The van der Waals surface area contributed by atoms with Gasteiger partial charge in [0.15, 0.2) is 11.6 Å². The molecule has 3 N–H and O–H groups in total. The molecule has 3 aromatic heterocycles. The van der Waals surface area contributed by atoms with E-state index in [1.165, 1.54) is 0 Å². The first-order chi connectivity index (χ1) is 18.5. The Kier molecular flexibility index (Phi) is 4.75. The van der Waals surface area contributed by atoms with Crippen molar-refractivity contribution < 1.29 is 14.3 Å². The summed E-state index contributed by atoms with van der Waals surface area (Å²) >= 11 is 0. The lowest BCUT2D eigenvalue weighted by Crippen LogP contribution is -2.21. The van der Waals surface area contributed by atoms with E-state index in [-0.39, 0.29) is 11.8 Å². The third-order valence-electron chi connectivity index (χ3n) is 7.65. The van der Waals surface area contributed by atoms with E-state index in [1.807, 2.05) is 43.6 Å². The van der Waals surface area contributed by atoms with Gasteiger partial charge in [-0.25, -0.2) is 0 Å². The molecule has 4 heterocycles. The van der Waals surface area contributed by atoms with Crippen LogP contribution in [0, 0.1) is 0 Å². The maximum Gasteiger partial charge on any atom is 0.235 e. The summed E-state index contributed by atoms with van der Waals surface area (Å²) in [5.41, 5.74) is 5.73. The first-order valence-electron chi connectivity index (χ1n) is 12.3. The largest absolute Gasteiger partial charge is 0.497 e. The summed E-state index contributed by atoms with van der Waals surface area (Å²) in [6, 6.07) is 13.9. The topological polar surface area (TPSA) is 119 Å². The highest BCUT2D eigenvalue weighted by atomic mass is 16.5. The van der Waals surface area contributed by atoms with Gasteiger partial charge in [0.2, 0.25) is 5.91 Å². The van der Waals surface area contributed by atoms with Crippen LogP contribution < -0.4 is 20.1 Å². The predicted molar refractivity (Wildman–Crippen MR) is 143 cm³/mol. The Morgan fingerprint density at radius 1 is 1.11 bits per heavy atom. The standard InChI is InChI=1S/C28H25N7O3/c1-35-14-16(12-30-35)22-10-24(25(38-3)13-29-22)31-26-18-6-4-15(8-23(18)33-34-26)20-11-28(20)19-9-17(37-2)5-7-21(19)32-27(28)36/h4-10,12-14,20H,11H2,1-3H3,(H,32,36)(H2,29,31,33,34)/t20-,28-/m0/s1. The normalized spacial score (nSPS) is 19.4. The number of anilines is 3. The van der Waals surface area contributed by atoms with E-state index < -0.39 is 5.41 Å². The van der Waals surface area contributed by atoms with Crippen LogP contribution in [0.5, 0.6) is 11.5 Å². The first kappa shape index (κ1) is 22.3. The van der Waals surface area contributed by atoms with Crippen molar-refractivity contribution in [2.24, 2.45) is 7.05 Å². The van der Waals surface area contributed by atoms with Crippen LogP contribution in [0.1, 0.15) is 23.5 Å². The molecule has 1 saturated carbocycles. The molecule has 1 spiro atoms. The molecular weight excluding hydrogens is 482 g/mol. The van der Waals surface area contributed by atoms with Crippen LogP contribution in [-0.2, 0) is 17.3 Å². The Balaban J connectivity index is 1.20. The number of hydrogen-bond donors (Lipinski definition) is 3. The minimum atomic E-state index is -0.550. The Labute approximate surface area is 218 Å². The van der Waals surface area contributed by atoms with Gasteiger partial charge in [0.25, 0.3) is 0 Å². The number of ether oxygens (including phenoxy) is 2. The molecule has 2 aromatic carbocycles. The number of aromatic amines is 1. The van der Waals surface area contributed by atoms with Gasteiger partial charge in [-0.05, 0) is 53.9 Å². The molecule has 2 atom stereocenters. The van der Waals surface area contributed by atoms with Crippen LogP contribution in [0.25, 0.3) is 22.2 Å². The molecule has 0 saturated heterocycles. The summed E-state index contributed by atoms with van der Waals surface area (Å²) in [5, 5.41) is 19.3. The lowest BCUT2D eigenvalue weighted by atomic mass is 9.91. The zero-order valence-electron chi connectivity index (χ0n) is 21.1. The van der Waals surface area contributed by atoms with Crippen LogP contribution in [0.2, 0.25) is 0 Å². The van der Waals surface area contributed by atoms with Gasteiger partial charge < -0.3 is 20.1 Å². The molecule has 38 heavy (non-hydrogen) atoms. The molecule has 1 amide bonds. The number of hydrogen-bond acceptors (Lipinski definition) is 7. The van der Waals surface area contributed by atoms with Gasteiger partial charge in [0.05, 0.1) is 48.9 Å². The number of nitrogens with zero attached hydrogens (tertiary/aromatic N) is 4. The Hall–Kier alpha value is -4.86. The van der Waals surface area contributed by atoms with Crippen molar-refractivity contribution in [1.82, 2.24) is 25.0 Å². The van der Waals surface area contributed by atoms with E-state index in [2.05, 4.69) is 43.0 Å². The van der Waals surface area contributed by atoms with Crippen molar-refractivity contribution in [3.63, 3.8) is 0 Å². The Morgan fingerprint density at radius 2 is 2.00 bits per heavy atom. The highest BCUT2D eigenvalue weighted by Crippen LogP contribution is 2.65. The predicted octanol–water partition coefficient (Wildman–Crippen LogP) is 4.50. The van der Waals surface area contributed by atoms with Gasteiger partial charge >= 0.3 is 0 Å². The lowest BCUT2D eigenvalue weighted by molar-refractivity contribution is -0.118. The molecule has 1 fully saturated rings. The van der Waals surface area contributed by atoms with Crippen molar-refractivity contribution in [2.45, 2.75) is 17.8 Å². The molecule has 10 nitrogen and oxygen atoms in total. The number of carbonyl (C=O) groups is 1. The number of H-pyrrole nitrogens is 1. The van der Waals surface area contributed by atoms with E-state index in [9.17, 15) is 4.79 Å². The fourth-order valence-electron chi connectivity index (χ4n) is 5.59. The highest BCUT2D eigenvalue weighted by molar-refractivity contribution is 6.10. The molecule has 0 bridgehead atoms. The molecule has 2 aliphatic rings. The molecule has 5 aromatic rings. The molecule has 10 heteroatoms. The van der Waals surface area contributed by atoms with E-state index in [4.69, 9.17) is 9.47 Å². The van der Waals surface area contributed by atoms with Gasteiger partial charge in [-0.1, -0.05) is 6.07 Å². The van der Waals surface area contributed by atoms with E-state index in [1.54, 1.807) is 31.3 Å². The monoisotopic (exact) mass is 507 g/mol. The molecule has 7 rings (SSSR count). The number of pyridine rings is 1. The van der Waals surface area contributed by atoms with Gasteiger partial charge in [0, 0.05) is 35.8 Å². The zero-order valence-corrected chi connectivity index (χ0v) is 21.1. The third-order valence-corrected chi connectivity index (χ3v) is 7.65. The van der Waals surface area contributed by atoms with Gasteiger partial charge in [-0.2, -0.15) is 10.2 Å². The van der Waals surface area contributed by atoms with Crippen LogP contribution in [0.4, 0.5) is 17.2 Å². The summed E-state index contributed by atoms with van der Waals surface area (Å²) in [6.45, 7) is 0. The second kappa shape index (κ2) is 8.07. The fraction of sp³-hybridized carbons (Fsp3) is 0.214. The van der Waals surface area contributed by atoms with Crippen LogP contribution in [0.3, 0.4) is 0 Å². The summed E-state index contributed by atoms with van der Waals surface area (Å²) < 4.78 is 12.7. The van der Waals surface area contributed by atoms with E-state index in [0.29, 0.717) is 11.6 Å². The summed E-state index contributed by atoms with van der Waals surface area (Å²) in [4.78, 5) is 17.6. The average Bonchev–Trinajstić information content (AvgIpc) is 3.17. The molecule has 1 aliphatic carbocycles. The second-order valence-electron chi connectivity index (χ2n) is 9.77. The fourth-order valence-corrected chi connectivity index (χ4v) is 5.59. The summed E-state index contributed by atoms with van der Waals surface area (Å²) in [7, 11) is 5.12. The Morgan fingerprint density at radius 3 is 2.79 bits per heavy atom. The number of benzene rings is 2. The number of amides is 1. The zero-order chi connectivity index (χ0) is 26.0. The van der Waals surface area contributed by atoms with Crippen molar-refractivity contribution in [3.05, 3.63) is 72.2 Å². The summed E-state index contributed by atoms with van der Waals surface area (Å²) in [5.74, 6) is 2.16. The van der Waals surface area contributed by atoms with Gasteiger partial charge in [0.1, 0.15) is 5.75 Å². The second-order valence-corrected chi connectivity index (χ2v) is 9.77. The highest BCUT2D eigenvalue weighted by Gasteiger charge is 2.65. The number of fused-ring (bicyclic) bond motifs is 3. The molecular formula is C28H25N7O3. The van der Waals surface area contributed by atoms with Gasteiger partial charge in [-0.15, -0.1) is 0 Å². The third kappa shape index (κ3) is 3.26. The number of rotatable bonds is 6. The summed E-state index contributed by atoms with van der Waals surface area (Å²) in [6.07, 6.45) is 6.13. The number of aryl methyl sites for hydroxylation is 1. The SMILES string of the molecule is COc1ccc2c(c1)[C@]1(C[C@H]1c1ccc3c(Nc4cc(-c5cnn(C)c5)ncc4OC)n[nH]c3c1)C(=O)N2. The smallest absolute Gasteiger partial charge is 0.235 e. The van der Waals surface area contributed by atoms with Crippen molar-refractivity contribution in [2.75, 3.05) is 24.9 Å². The van der Waals surface area contributed by atoms with E-state index in [0.717, 1.165) is 56.8 Å². The minimum absolute atomic E-state index is 0.0482. The van der Waals surface area contributed by atoms with Crippen LogP contribution in [0.15, 0.2) is 61.1 Å². The average molecular weight is 508 g/mol. The number of nitrogens with one attached hydrogen (secondary N) is 3. The van der Waals surface area contributed by atoms with E-state index >= 15 is 0 Å². The van der Waals surface area contributed by atoms with Crippen molar-refractivity contribution >= 4 is 34.0 Å². The number of methoxy groups -OCH3 is 2. The maximum atomic E-state index is 13.1. The molecule has 1 aliphatic heterocycles. The van der Waals surface area contributed by atoms with Crippen molar-refractivity contribution in [1.29, 1.82) is 0 Å². The van der Waals surface area contributed by atoms with Crippen LogP contribution >= 0.6 is 0 Å². The quantitative estimate of drug-likeness (QED) is 0.310. The lowest BCUT2D eigenvalue weighted by Gasteiger charge is -2.11. The minimum Gasteiger partial charge on any atom is -0.497 e. The number of aromatic nitrogens is 5. The van der Waals surface area contributed by atoms with Crippen LogP contribution in [-0.4, -0.2) is 45.1 Å². The maximum absolute atomic E-state index is 13.1. The molecule has 0 radical (unpaired) electrons. The first-order valence-corrected chi connectivity index (χ1v) is 12.3. The molecule has 190 valence electrons. The van der Waals surface area contributed by atoms with Crippen molar-refractivity contribution in [3.8, 4) is 22.8 Å². The number of carbonyl (C=O) groups excluding carboxylic acids is 1. The van der Waals surface area contributed by atoms with Gasteiger partial charge in [-0.3, -0.25) is 19.6 Å². The Bertz CT molecular complexity index is 1740.